The fraction of sp³-hybridized carbons (Fsp3) is 0.200. The van der Waals surface area contributed by atoms with Gasteiger partial charge in [0.05, 0.1) is 6.21 Å². The van der Waals surface area contributed by atoms with Crippen LogP contribution < -0.4 is 0 Å². The molecule has 0 aliphatic carbocycles. The van der Waals surface area contributed by atoms with Crippen LogP contribution in [0.5, 0.6) is 0 Å². The van der Waals surface area contributed by atoms with Crippen LogP contribution in [0, 0.1) is 4.77 Å². The van der Waals surface area contributed by atoms with Crippen molar-refractivity contribution in [1.82, 2.24) is 19.9 Å². The van der Waals surface area contributed by atoms with Crippen LogP contribution >= 0.6 is 12.2 Å². The summed E-state index contributed by atoms with van der Waals surface area (Å²) in [5.41, 5.74) is 0.972. The molecule has 0 saturated carbocycles. The van der Waals surface area contributed by atoms with Crippen molar-refractivity contribution in [2.45, 2.75) is 13.3 Å². The highest BCUT2D eigenvalue weighted by atomic mass is 32.1. The van der Waals surface area contributed by atoms with E-state index >= 15 is 0 Å². The molecule has 5 nitrogen and oxygen atoms in total. The lowest BCUT2D eigenvalue weighted by atomic mass is 10.3. The first-order valence-corrected chi connectivity index (χ1v) is 5.32. The average molecular weight is 233 g/mol. The van der Waals surface area contributed by atoms with Gasteiger partial charge in [0.2, 0.25) is 4.77 Å². The number of hydrogen-bond donors (Lipinski definition) is 1. The van der Waals surface area contributed by atoms with Gasteiger partial charge in [-0.1, -0.05) is 6.92 Å². The molecule has 16 heavy (non-hydrogen) atoms. The zero-order valence-corrected chi connectivity index (χ0v) is 9.61. The molecule has 2 aromatic heterocycles. The van der Waals surface area contributed by atoms with E-state index in [1.54, 1.807) is 23.3 Å². The van der Waals surface area contributed by atoms with Crippen molar-refractivity contribution in [2.24, 2.45) is 5.10 Å². The first-order valence-electron chi connectivity index (χ1n) is 4.92. The smallest absolute Gasteiger partial charge is 0.216 e. The van der Waals surface area contributed by atoms with E-state index in [0.717, 1.165) is 17.8 Å². The zero-order valence-electron chi connectivity index (χ0n) is 8.79. The first kappa shape index (κ1) is 10.7. The van der Waals surface area contributed by atoms with Gasteiger partial charge in [0.15, 0.2) is 5.82 Å². The van der Waals surface area contributed by atoms with Crippen molar-refractivity contribution >= 4 is 18.4 Å². The minimum absolute atomic E-state index is 0.502. The lowest BCUT2D eigenvalue weighted by molar-refractivity contribution is 0.780. The van der Waals surface area contributed by atoms with E-state index < -0.39 is 0 Å². The van der Waals surface area contributed by atoms with Crippen LogP contribution in [-0.4, -0.2) is 26.1 Å². The van der Waals surface area contributed by atoms with Gasteiger partial charge < -0.3 is 0 Å². The lowest BCUT2D eigenvalue weighted by Gasteiger charge is -1.96. The van der Waals surface area contributed by atoms with E-state index in [4.69, 9.17) is 12.2 Å². The molecule has 0 fully saturated rings. The summed E-state index contributed by atoms with van der Waals surface area (Å²) in [7, 11) is 0. The van der Waals surface area contributed by atoms with Crippen LogP contribution in [0.3, 0.4) is 0 Å². The summed E-state index contributed by atoms with van der Waals surface area (Å²) < 4.78 is 2.12. The molecule has 0 saturated heterocycles. The van der Waals surface area contributed by atoms with Crippen LogP contribution in [0.2, 0.25) is 0 Å². The van der Waals surface area contributed by atoms with Gasteiger partial charge in [0.1, 0.15) is 0 Å². The molecule has 2 rings (SSSR count). The molecule has 82 valence electrons. The molecule has 0 aliphatic heterocycles. The maximum absolute atomic E-state index is 5.07. The summed E-state index contributed by atoms with van der Waals surface area (Å²) in [6.45, 7) is 2.00. The Morgan fingerprint density at radius 1 is 1.50 bits per heavy atom. The second-order valence-electron chi connectivity index (χ2n) is 3.14. The van der Waals surface area contributed by atoms with Crippen LogP contribution in [0.1, 0.15) is 18.3 Å². The van der Waals surface area contributed by atoms with Gasteiger partial charge in [-0.2, -0.15) is 14.9 Å². The maximum Gasteiger partial charge on any atom is 0.216 e. The normalized spacial score (nSPS) is 11.1. The second kappa shape index (κ2) is 4.80. The van der Waals surface area contributed by atoms with Gasteiger partial charge in [-0.05, 0) is 29.9 Å². The number of nitrogens with one attached hydrogen (secondary N) is 1. The minimum atomic E-state index is 0.502. The van der Waals surface area contributed by atoms with Gasteiger partial charge in [0.25, 0.3) is 0 Å². The van der Waals surface area contributed by atoms with E-state index in [0.29, 0.717) is 4.77 Å². The van der Waals surface area contributed by atoms with E-state index in [1.165, 1.54) is 0 Å². The van der Waals surface area contributed by atoms with Crippen molar-refractivity contribution in [1.29, 1.82) is 0 Å². The Hall–Kier alpha value is -1.82. The van der Waals surface area contributed by atoms with Crippen LogP contribution in [-0.2, 0) is 6.42 Å². The summed E-state index contributed by atoms with van der Waals surface area (Å²) in [6.07, 6.45) is 5.94. The molecule has 2 heterocycles. The van der Waals surface area contributed by atoms with Gasteiger partial charge in [0, 0.05) is 18.8 Å². The molecular formula is C10H11N5S. The Labute approximate surface area is 97.9 Å². The summed E-state index contributed by atoms with van der Waals surface area (Å²) >= 11 is 5.07. The van der Waals surface area contributed by atoms with Crippen molar-refractivity contribution in [3.63, 3.8) is 0 Å². The minimum Gasteiger partial charge on any atom is -0.265 e. The fourth-order valence-corrected chi connectivity index (χ4v) is 1.44. The summed E-state index contributed by atoms with van der Waals surface area (Å²) in [4.78, 5) is 3.93. The van der Waals surface area contributed by atoms with Crippen molar-refractivity contribution in [2.75, 3.05) is 0 Å². The molecule has 0 atom stereocenters. The van der Waals surface area contributed by atoms with Gasteiger partial charge in [-0.3, -0.25) is 10.1 Å². The van der Waals surface area contributed by atoms with Crippen molar-refractivity contribution in [3.05, 3.63) is 40.7 Å². The molecule has 2 aromatic rings. The van der Waals surface area contributed by atoms with Crippen LogP contribution in [0.25, 0.3) is 0 Å². The standard InChI is InChI=1S/C10H11N5S/c1-2-9-13-14-10(16)15(9)12-7-8-3-5-11-6-4-8/h3-7H,2H2,1H3,(H,14,16). The van der Waals surface area contributed by atoms with Gasteiger partial charge in [-0.25, -0.2) is 0 Å². The molecular weight excluding hydrogens is 222 g/mol. The highest BCUT2D eigenvalue weighted by Crippen LogP contribution is 1.99. The summed E-state index contributed by atoms with van der Waals surface area (Å²) in [6, 6.07) is 3.75. The third kappa shape index (κ3) is 2.22. The number of aryl methyl sites for hydroxylation is 1. The highest BCUT2D eigenvalue weighted by molar-refractivity contribution is 7.71. The highest BCUT2D eigenvalue weighted by Gasteiger charge is 2.00. The zero-order chi connectivity index (χ0) is 11.4. The second-order valence-corrected chi connectivity index (χ2v) is 3.52. The monoisotopic (exact) mass is 233 g/mol. The third-order valence-corrected chi connectivity index (χ3v) is 2.33. The van der Waals surface area contributed by atoms with Crippen LogP contribution in [0.15, 0.2) is 29.6 Å². The molecule has 0 aromatic carbocycles. The average Bonchev–Trinajstić information content (AvgIpc) is 2.69. The number of pyridine rings is 1. The SMILES string of the molecule is CCc1n[nH]c(=S)n1N=Cc1ccncc1. The van der Waals surface area contributed by atoms with Gasteiger partial charge >= 0.3 is 0 Å². The molecule has 6 heteroatoms. The fourth-order valence-electron chi connectivity index (χ4n) is 1.25. The van der Waals surface area contributed by atoms with Crippen molar-refractivity contribution < 1.29 is 0 Å². The van der Waals surface area contributed by atoms with E-state index in [-0.39, 0.29) is 0 Å². The number of aromatic nitrogens is 4. The molecule has 1 N–H and O–H groups in total. The number of H-pyrrole nitrogens is 1. The van der Waals surface area contributed by atoms with E-state index in [9.17, 15) is 0 Å². The molecule has 0 bridgehead atoms. The predicted molar refractivity (Wildman–Crippen MR) is 64.0 cm³/mol. The maximum atomic E-state index is 5.07. The van der Waals surface area contributed by atoms with E-state index in [2.05, 4.69) is 20.3 Å². The first-order chi connectivity index (χ1) is 7.81. The molecule has 0 amide bonds. The van der Waals surface area contributed by atoms with Gasteiger partial charge in [-0.15, -0.1) is 0 Å². The topological polar surface area (TPSA) is 58.9 Å². The Balaban J connectivity index is 2.30. The molecule has 0 spiro atoms. The van der Waals surface area contributed by atoms with Crippen LogP contribution in [0.4, 0.5) is 0 Å². The Morgan fingerprint density at radius 2 is 2.25 bits per heavy atom. The quantitative estimate of drug-likeness (QED) is 0.649. The molecule has 0 unspecified atom stereocenters. The lowest BCUT2D eigenvalue weighted by Crippen LogP contribution is -1.97. The number of rotatable bonds is 3. The number of aromatic amines is 1. The summed E-state index contributed by atoms with van der Waals surface area (Å²) in [5, 5.41) is 11.1. The Bertz CT molecular complexity index is 540. The molecule has 0 radical (unpaired) electrons. The van der Waals surface area contributed by atoms with E-state index in [1.807, 2.05) is 19.1 Å². The van der Waals surface area contributed by atoms with Crippen molar-refractivity contribution in [3.8, 4) is 0 Å². The third-order valence-electron chi connectivity index (χ3n) is 2.06. The number of hydrogen-bond acceptors (Lipinski definition) is 4. The Morgan fingerprint density at radius 3 is 2.94 bits per heavy atom. The largest absolute Gasteiger partial charge is 0.265 e. The number of nitrogens with zero attached hydrogens (tertiary/aromatic N) is 4. The molecule has 0 aliphatic rings. The Kier molecular flexibility index (Phi) is 3.21. The predicted octanol–water partition coefficient (Wildman–Crippen LogP) is 1.78. The summed E-state index contributed by atoms with van der Waals surface area (Å²) in [5.74, 6) is 0.815.